The van der Waals surface area contributed by atoms with Crippen molar-refractivity contribution in [3.63, 3.8) is 0 Å². The normalized spacial score (nSPS) is 44.1. The first-order valence-electron chi connectivity index (χ1n) is 5.34. The molecule has 2 aliphatic heterocycles. The summed E-state index contributed by atoms with van der Waals surface area (Å²) in [6.07, 6.45) is 2.85. The molecule has 3 N–H and O–H groups in total. The average Bonchev–Trinajstić information content (AvgIpc) is 2.68. The molecule has 0 saturated carbocycles. The third kappa shape index (κ3) is 1.58. The lowest BCUT2D eigenvalue weighted by Crippen LogP contribution is -2.58. The van der Waals surface area contributed by atoms with Gasteiger partial charge in [0.15, 0.2) is 0 Å². The van der Waals surface area contributed by atoms with Crippen LogP contribution in [0.2, 0.25) is 0 Å². The lowest BCUT2D eigenvalue weighted by atomic mass is 9.67. The Hall–Kier alpha value is 0.230. The number of thioether (sulfide) groups is 1. The van der Waals surface area contributed by atoms with E-state index in [1.165, 1.54) is 0 Å². The summed E-state index contributed by atoms with van der Waals surface area (Å²) in [5.41, 5.74) is -0.922. The highest BCUT2D eigenvalue weighted by Crippen LogP contribution is 2.45. The van der Waals surface area contributed by atoms with Crippen LogP contribution >= 0.6 is 11.8 Å². The molecule has 2 fully saturated rings. The van der Waals surface area contributed by atoms with Crippen LogP contribution in [-0.4, -0.2) is 47.0 Å². The van der Waals surface area contributed by atoms with E-state index in [0.717, 1.165) is 43.9 Å². The number of nitrogens with one attached hydrogen (secondary N) is 1. The van der Waals surface area contributed by atoms with Crippen molar-refractivity contribution in [3.05, 3.63) is 0 Å². The lowest BCUT2D eigenvalue weighted by molar-refractivity contribution is -0.102. The van der Waals surface area contributed by atoms with Crippen LogP contribution in [-0.2, 0) is 0 Å². The molecule has 2 aliphatic rings. The summed E-state index contributed by atoms with van der Waals surface area (Å²) in [4.78, 5) is 0. The number of aliphatic hydroxyl groups excluding tert-OH is 1. The quantitative estimate of drug-likeness (QED) is 0.619. The van der Waals surface area contributed by atoms with Crippen molar-refractivity contribution in [3.8, 4) is 0 Å². The Balaban J connectivity index is 2.16. The molecule has 2 saturated heterocycles. The smallest absolute Gasteiger partial charge is 0.0835 e. The summed E-state index contributed by atoms with van der Waals surface area (Å²) in [6.45, 7) is 1.89. The standard InChI is InChI=1S/C10H19NO2S/c12-7-9(2-1-4-11-6-9)10(13)3-5-14-8-10/h11-13H,1-8H2. The molecule has 0 bridgehead atoms. The van der Waals surface area contributed by atoms with Gasteiger partial charge >= 0.3 is 0 Å². The van der Waals surface area contributed by atoms with Crippen LogP contribution in [0.1, 0.15) is 19.3 Å². The number of rotatable bonds is 2. The van der Waals surface area contributed by atoms with Crippen LogP contribution in [0.25, 0.3) is 0 Å². The Morgan fingerprint density at radius 1 is 1.36 bits per heavy atom. The topological polar surface area (TPSA) is 52.5 Å². The summed E-state index contributed by atoms with van der Waals surface area (Å²) in [6, 6.07) is 0. The Morgan fingerprint density at radius 2 is 2.21 bits per heavy atom. The van der Waals surface area contributed by atoms with Crippen LogP contribution < -0.4 is 5.32 Å². The van der Waals surface area contributed by atoms with E-state index < -0.39 is 5.60 Å². The van der Waals surface area contributed by atoms with Crippen LogP contribution in [0.3, 0.4) is 0 Å². The van der Waals surface area contributed by atoms with E-state index in [-0.39, 0.29) is 12.0 Å². The van der Waals surface area contributed by atoms with E-state index in [0.29, 0.717) is 0 Å². The first kappa shape index (κ1) is 10.7. The van der Waals surface area contributed by atoms with Gasteiger partial charge in [-0.25, -0.2) is 0 Å². The van der Waals surface area contributed by atoms with E-state index in [1.54, 1.807) is 11.8 Å². The molecule has 14 heavy (non-hydrogen) atoms. The van der Waals surface area contributed by atoms with Crippen molar-refractivity contribution >= 4 is 11.8 Å². The molecule has 2 heterocycles. The summed E-state index contributed by atoms with van der Waals surface area (Å²) < 4.78 is 0. The predicted molar refractivity (Wildman–Crippen MR) is 58.5 cm³/mol. The fraction of sp³-hybridized carbons (Fsp3) is 1.00. The molecule has 0 aromatic rings. The SMILES string of the molecule is OCC1(C2(O)CCSC2)CCCNC1. The molecular formula is C10H19NO2S. The van der Waals surface area contributed by atoms with Crippen molar-refractivity contribution in [2.45, 2.75) is 24.9 Å². The van der Waals surface area contributed by atoms with E-state index >= 15 is 0 Å². The largest absolute Gasteiger partial charge is 0.396 e. The third-order valence-electron chi connectivity index (χ3n) is 3.76. The molecule has 0 aromatic heterocycles. The molecule has 0 aliphatic carbocycles. The van der Waals surface area contributed by atoms with Gasteiger partial charge in [0.1, 0.15) is 0 Å². The minimum atomic E-state index is -0.639. The van der Waals surface area contributed by atoms with Gasteiger partial charge in [0, 0.05) is 17.7 Å². The molecule has 0 radical (unpaired) electrons. The van der Waals surface area contributed by atoms with E-state index in [1.807, 2.05) is 0 Å². The van der Waals surface area contributed by atoms with Crippen LogP contribution in [0.4, 0.5) is 0 Å². The van der Waals surface area contributed by atoms with Crippen molar-refractivity contribution in [2.75, 3.05) is 31.2 Å². The van der Waals surface area contributed by atoms with E-state index in [9.17, 15) is 10.2 Å². The van der Waals surface area contributed by atoms with Gasteiger partial charge in [0.25, 0.3) is 0 Å². The third-order valence-corrected chi connectivity index (χ3v) is 4.94. The van der Waals surface area contributed by atoms with Gasteiger partial charge in [-0.1, -0.05) is 0 Å². The maximum absolute atomic E-state index is 10.5. The number of aliphatic hydroxyl groups is 2. The minimum absolute atomic E-state index is 0.108. The van der Waals surface area contributed by atoms with Crippen LogP contribution in [0.15, 0.2) is 0 Å². The summed E-state index contributed by atoms with van der Waals surface area (Å²) >= 11 is 1.80. The molecule has 0 amide bonds. The second kappa shape index (κ2) is 4.00. The Morgan fingerprint density at radius 3 is 2.71 bits per heavy atom. The van der Waals surface area contributed by atoms with Gasteiger partial charge in [-0.05, 0) is 31.6 Å². The first-order chi connectivity index (χ1) is 6.72. The zero-order valence-electron chi connectivity index (χ0n) is 8.46. The predicted octanol–water partition coefficient (Wildman–Crippen LogP) is 0.216. The zero-order valence-corrected chi connectivity index (χ0v) is 9.28. The summed E-state index contributed by atoms with van der Waals surface area (Å²) in [5, 5.41) is 23.4. The Kier molecular flexibility index (Phi) is 3.07. The molecule has 3 nitrogen and oxygen atoms in total. The first-order valence-corrected chi connectivity index (χ1v) is 6.50. The van der Waals surface area contributed by atoms with Gasteiger partial charge < -0.3 is 15.5 Å². The van der Waals surface area contributed by atoms with E-state index in [2.05, 4.69) is 5.32 Å². The summed E-state index contributed by atoms with van der Waals surface area (Å²) in [5.74, 6) is 1.81. The Bertz CT molecular complexity index is 198. The van der Waals surface area contributed by atoms with Gasteiger partial charge in [-0.2, -0.15) is 11.8 Å². The molecule has 4 heteroatoms. The minimum Gasteiger partial charge on any atom is -0.396 e. The van der Waals surface area contributed by atoms with Crippen LogP contribution in [0, 0.1) is 5.41 Å². The molecule has 82 valence electrons. The number of hydrogen-bond donors (Lipinski definition) is 3. The molecule has 2 atom stereocenters. The van der Waals surface area contributed by atoms with Crippen molar-refractivity contribution in [2.24, 2.45) is 5.41 Å². The Labute approximate surface area is 89.3 Å². The molecular weight excluding hydrogens is 198 g/mol. The van der Waals surface area contributed by atoms with Gasteiger partial charge in [-0.15, -0.1) is 0 Å². The fourth-order valence-electron chi connectivity index (χ4n) is 2.62. The average molecular weight is 217 g/mol. The summed E-state index contributed by atoms with van der Waals surface area (Å²) in [7, 11) is 0. The van der Waals surface area contributed by atoms with E-state index in [4.69, 9.17) is 0 Å². The monoisotopic (exact) mass is 217 g/mol. The molecule has 0 aromatic carbocycles. The fourth-order valence-corrected chi connectivity index (χ4v) is 4.03. The lowest BCUT2D eigenvalue weighted by Gasteiger charge is -2.46. The van der Waals surface area contributed by atoms with Crippen molar-refractivity contribution < 1.29 is 10.2 Å². The van der Waals surface area contributed by atoms with Gasteiger partial charge in [0.05, 0.1) is 12.2 Å². The highest BCUT2D eigenvalue weighted by Gasteiger charge is 2.51. The molecule has 0 spiro atoms. The molecule has 2 rings (SSSR count). The highest BCUT2D eigenvalue weighted by atomic mass is 32.2. The van der Waals surface area contributed by atoms with Gasteiger partial charge in [-0.3, -0.25) is 0 Å². The zero-order chi connectivity index (χ0) is 10.1. The van der Waals surface area contributed by atoms with Crippen molar-refractivity contribution in [1.29, 1.82) is 0 Å². The maximum atomic E-state index is 10.5. The maximum Gasteiger partial charge on any atom is 0.0835 e. The van der Waals surface area contributed by atoms with Crippen molar-refractivity contribution in [1.82, 2.24) is 5.32 Å². The number of piperidine rings is 1. The number of hydrogen-bond acceptors (Lipinski definition) is 4. The van der Waals surface area contributed by atoms with Gasteiger partial charge in [0.2, 0.25) is 0 Å². The van der Waals surface area contributed by atoms with Crippen LogP contribution in [0.5, 0.6) is 0 Å². The molecule has 2 unspecified atom stereocenters. The highest BCUT2D eigenvalue weighted by molar-refractivity contribution is 7.99. The second-order valence-corrected chi connectivity index (χ2v) is 5.66. The second-order valence-electron chi connectivity index (χ2n) is 4.55.